The van der Waals surface area contributed by atoms with Crippen LogP contribution in [0.1, 0.15) is 37.0 Å². The van der Waals surface area contributed by atoms with E-state index in [2.05, 4.69) is 10.3 Å². The van der Waals surface area contributed by atoms with E-state index in [0.29, 0.717) is 16.6 Å². The lowest BCUT2D eigenvalue weighted by molar-refractivity contribution is -0.144. The molecule has 1 fully saturated rings. The third kappa shape index (κ3) is 4.26. The van der Waals surface area contributed by atoms with Crippen molar-refractivity contribution < 1.29 is 14.3 Å². The largest absolute Gasteiger partial charge is 0.462 e. The summed E-state index contributed by atoms with van der Waals surface area (Å²) in [7, 11) is 0. The van der Waals surface area contributed by atoms with E-state index in [1.54, 1.807) is 6.07 Å². The highest BCUT2D eigenvalue weighted by Crippen LogP contribution is 2.26. The first-order chi connectivity index (χ1) is 11.5. The molecule has 3 rings (SSSR count). The number of amides is 1. The Hall–Kier alpha value is -2.08. The molecule has 1 saturated carbocycles. The van der Waals surface area contributed by atoms with Gasteiger partial charge >= 0.3 is 5.97 Å². The van der Waals surface area contributed by atoms with Gasteiger partial charge in [0.05, 0.1) is 28.0 Å². The second kappa shape index (κ2) is 7.21. The summed E-state index contributed by atoms with van der Waals surface area (Å²) >= 11 is 1.29. The molecule has 0 radical (unpaired) electrons. The van der Waals surface area contributed by atoms with Crippen LogP contribution in [0.3, 0.4) is 0 Å². The van der Waals surface area contributed by atoms with Crippen molar-refractivity contribution in [1.82, 2.24) is 10.3 Å². The molecule has 2 aromatic rings. The number of hydrogen-bond acceptors (Lipinski definition) is 5. The van der Waals surface area contributed by atoms with Gasteiger partial charge in [-0.3, -0.25) is 9.59 Å². The molecule has 0 unspecified atom stereocenters. The molecule has 1 aliphatic carbocycles. The number of carbonyl (C=O) groups excluding carboxylic acids is 2. The van der Waals surface area contributed by atoms with Crippen molar-refractivity contribution >= 4 is 34.5 Å². The summed E-state index contributed by atoms with van der Waals surface area (Å²) in [4.78, 5) is 28.8. The van der Waals surface area contributed by atoms with E-state index in [-0.39, 0.29) is 23.7 Å². The predicted octanol–water partition coefficient (Wildman–Crippen LogP) is 3.17. The Morgan fingerprint density at radius 3 is 2.79 bits per heavy atom. The van der Waals surface area contributed by atoms with Gasteiger partial charge in [0.1, 0.15) is 0 Å². The quantitative estimate of drug-likeness (QED) is 0.644. The van der Waals surface area contributed by atoms with Gasteiger partial charge in [0, 0.05) is 11.4 Å². The van der Waals surface area contributed by atoms with Crippen LogP contribution in [0.4, 0.5) is 0 Å². The van der Waals surface area contributed by atoms with Gasteiger partial charge in [-0.1, -0.05) is 30.0 Å². The Morgan fingerprint density at radius 1 is 1.33 bits per heavy atom. The van der Waals surface area contributed by atoms with Gasteiger partial charge in [0.2, 0.25) is 0 Å². The van der Waals surface area contributed by atoms with Crippen molar-refractivity contribution in [3.63, 3.8) is 0 Å². The predicted molar refractivity (Wildman–Crippen MR) is 94.2 cm³/mol. The number of nitrogens with one attached hydrogen (secondary N) is 1. The summed E-state index contributed by atoms with van der Waals surface area (Å²) in [5, 5.41) is 4.49. The van der Waals surface area contributed by atoms with E-state index >= 15 is 0 Å². The maximum Gasteiger partial charge on any atom is 0.316 e. The number of fused-ring (bicyclic) bond motifs is 1. The highest BCUT2D eigenvalue weighted by Gasteiger charge is 2.25. The monoisotopic (exact) mass is 344 g/mol. The number of carbonyl (C=O) groups is 2. The van der Waals surface area contributed by atoms with Gasteiger partial charge in [-0.25, -0.2) is 4.98 Å². The van der Waals surface area contributed by atoms with Crippen molar-refractivity contribution in [1.29, 1.82) is 0 Å². The lowest BCUT2D eigenvalue weighted by Crippen LogP contribution is -2.25. The number of hydrogen-bond donors (Lipinski definition) is 1. The second-order valence-corrected chi connectivity index (χ2v) is 7.10. The number of aromatic nitrogens is 1. The third-order valence-corrected chi connectivity index (χ3v) is 4.44. The zero-order valence-electron chi connectivity index (χ0n) is 13.7. The average Bonchev–Trinajstić information content (AvgIpc) is 3.35. The lowest BCUT2D eigenvalue weighted by Gasteiger charge is -2.10. The topological polar surface area (TPSA) is 68.3 Å². The van der Waals surface area contributed by atoms with Gasteiger partial charge < -0.3 is 10.1 Å². The van der Waals surface area contributed by atoms with Crippen molar-refractivity contribution in [2.24, 2.45) is 0 Å². The average molecular weight is 344 g/mol. The summed E-state index contributed by atoms with van der Waals surface area (Å²) in [6, 6.07) is 9.60. The van der Waals surface area contributed by atoms with Crippen LogP contribution in [0.25, 0.3) is 10.9 Å². The van der Waals surface area contributed by atoms with E-state index in [0.717, 1.165) is 23.7 Å². The number of para-hydroxylation sites is 1. The SMILES string of the molecule is CC(C)OC(=O)CSc1cc(C(=O)NC2CC2)c2ccccc2n1. The molecule has 6 heteroatoms. The molecule has 1 aliphatic rings. The van der Waals surface area contributed by atoms with Crippen molar-refractivity contribution in [3.8, 4) is 0 Å². The minimum Gasteiger partial charge on any atom is -0.462 e. The Morgan fingerprint density at radius 2 is 2.08 bits per heavy atom. The summed E-state index contributed by atoms with van der Waals surface area (Å²) in [5.41, 5.74) is 1.35. The molecule has 1 aromatic carbocycles. The first-order valence-electron chi connectivity index (χ1n) is 8.06. The molecule has 0 bridgehead atoms. The van der Waals surface area contributed by atoms with Gasteiger partial charge in [0.25, 0.3) is 5.91 Å². The molecule has 1 heterocycles. The van der Waals surface area contributed by atoms with Crippen molar-refractivity contribution in [2.75, 3.05) is 5.75 Å². The van der Waals surface area contributed by atoms with Gasteiger partial charge in [-0.2, -0.15) is 0 Å². The zero-order chi connectivity index (χ0) is 17.1. The molecule has 0 aliphatic heterocycles. The molecule has 126 valence electrons. The normalized spacial score (nSPS) is 14.0. The number of esters is 1. The van der Waals surface area contributed by atoms with Crippen molar-refractivity contribution in [2.45, 2.75) is 43.9 Å². The summed E-state index contributed by atoms with van der Waals surface area (Å²) in [5.74, 6) is -0.190. The third-order valence-electron chi connectivity index (χ3n) is 3.55. The molecule has 0 saturated heterocycles. The van der Waals surface area contributed by atoms with Crippen LogP contribution >= 0.6 is 11.8 Å². The van der Waals surface area contributed by atoms with Gasteiger partial charge in [-0.15, -0.1) is 0 Å². The fourth-order valence-electron chi connectivity index (χ4n) is 2.33. The Bertz CT molecular complexity index is 772. The second-order valence-electron chi connectivity index (χ2n) is 6.10. The maximum atomic E-state index is 12.5. The first kappa shape index (κ1) is 16.8. The molecule has 0 spiro atoms. The number of ether oxygens (including phenoxy) is 1. The molecular weight excluding hydrogens is 324 g/mol. The number of pyridine rings is 1. The van der Waals surface area contributed by atoms with E-state index in [4.69, 9.17) is 4.74 Å². The van der Waals surface area contributed by atoms with E-state index < -0.39 is 0 Å². The van der Waals surface area contributed by atoms with E-state index in [1.807, 2.05) is 38.1 Å². The van der Waals surface area contributed by atoms with Crippen molar-refractivity contribution in [3.05, 3.63) is 35.9 Å². The van der Waals surface area contributed by atoms with Gasteiger partial charge in [-0.05, 0) is 38.8 Å². The smallest absolute Gasteiger partial charge is 0.316 e. The molecule has 0 atom stereocenters. The maximum absolute atomic E-state index is 12.5. The minimum absolute atomic E-state index is 0.0808. The summed E-state index contributed by atoms with van der Waals surface area (Å²) < 4.78 is 5.13. The molecule has 1 amide bonds. The van der Waals surface area contributed by atoms with Gasteiger partial charge in [0.15, 0.2) is 0 Å². The molecule has 1 aromatic heterocycles. The van der Waals surface area contributed by atoms with Crippen LogP contribution in [0.15, 0.2) is 35.4 Å². The number of rotatable bonds is 6. The van der Waals surface area contributed by atoms with Crippen LogP contribution in [0, 0.1) is 0 Å². The van der Waals surface area contributed by atoms with Crippen LogP contribution in [-0.4, -0.2) is 34.8 Å². The van der Waals surface area contributed by atoms with Crippen LogP contribution in [0.2, 0.25) is 0 Å². The Labute approximate surface area is 145 Å². The summed E-state index contributed by atoms with van der Waals surface area (Å²) in [6.45, 7) is 3.63. The highest BCUT2D eigenvalue weighted by molar-refractivity contribution is 7.99. The highest BCUT2D eigenvalue weighted by atomic mass is 32.2. The van der Waals surface area contributed by atoms with E-state index in [1.165, 1.54) is 11.8 Å². The fourth-order valence-corrected chi connectivity index (χ4v) is 3.03. The number of benzene rings is 1. The molecule has 1 N–H and O–H groups in total. The lowest BCUT2D eigenvalue weighted by atomic mass is 10.1. The Kier molecular flexibility index (Phi) is 5.04. The molecular formula is C18H20N2O3S. The standard InChI is InChI=1S/C18H20N2O3S/c1-11(2)23-17(21)10-24-16-9-14(18(22)19-12-7-8-12)13-5-3-4-6-15(13)20-16/h3-6,9,11-12H,7-8,10H2,1-2H3,(H,19,22). The minimum atomic E-state index is -0.283. The number of thioether (sulfide) groups is 1. The zero-order valence-corrected chi connectivity index (χ0v) is 14.6. The fraction of sp³-hybridized carbons (Fsp3) is 0.389. The molecule has 24 heavy (non-hydrogen) atoms. The van der Waals surface area contributed by atoms with Crippen LogP contribution in [0.5, 0.6) is 0 Å². The van der Waals surface area contributed by atoms with Crippen LogP contribution in [-0.2, 0) is 9.53 Å². The molecule has 5 nitrogen and oxygen atoms in total. The summed E-state index contributed by atoms with van der Waals surface area (Å²) in [6.07, 6.45) is 1.94. The Balaban J connectivity index is 1.83. The van der Waals surface area contributed by atoms with E-state index in [9.17, 15) is 9.59 Å². The number of nitrogens with zero attached hydrogens (tertiary/aromatic N) is 1. The first-order valence-corrected chi connectivity index (χ1v) is 9.04. The van der Waals surface area contributed by atoms with Crippen LogP contribution < -0.4 is 5.32 Å².